The number of hydrogen-bond acceptors (Lipinski definition) is 5. The molecule has 0 bridgehead atoms. The van der Waals surface area contributed by atoms with E-state index in [1.165, 1.54) is 11.8 Å². The Labute approximate surface area is 114 Å². The van der Waals surface area contributed by atoms with Gasteiger partial charge in [0.15, 0.2) is 11.8 Å². The Balaban J connectivity index is 5.29. The molecule has 6 nitrogen and oxygen atoms in total. The van der Waals surface area contributed by atoms with Crippen LogP contribution in [0.15, 0.2) is 0 Å². The van der Waals surface area contributed by atoms with E-state index >= 15 is 0 Å². The minimum Gasteiger partial charge on any atom is -0.437 e. The summed E-state index contributed by atoms with van der Waals surface area (Å²) in [5.41, 5.74) is 4.49. The molecule has 0 heterocycles. The Morgan fingerprint density at radius 3 is 2.26 bits per heavy atom. The smallest absolute Gasteiger partial charge is 0.337 e. The SMILES string of the molecule is CCC(O)C(=O)OC(C)(C(C)CN)N(CC)C(C)=O. The second-order valence-corrected chi connectivity index (χ2v) is 4.80. The van der Waals surface area contributed by atoms with Crippen LogP contribution in [0, 0.1) is 5.92 Å². The van der Waals surface area contributed by atoms with Crippen LogP contribution >= 0.6 is 0 Å². The van der Waals surface area contributed by atoms with Crippen LogP contribution in [-0.4, -0.2) is 46.8 Å². The van der Waals surface area contributed by atoms with Crippen LogP contribution in [0.25, 0.3) is 0 Å². The highest BCUT2D eigenvalue weighted by atomic mass is 16.6. The van der Waals surface area contributed by atoms with Crippen LogP contribution in [0.3, 0.4) is 0 Å². The molecule has 3 N–H and O–H groups in total. The van der Waals surface area contributed by atoms with Crippen LogP contribution in [0.1, 0.15) is 41.0 Å². The average molecular weight is 274 g/mol. The third kappa shape index (κ3) is 4.18. The summed E-state index contributed by atoms with van der Waals surface area (Å²) in [4.78, 5) is 24.9. The normalized spacial score (nSPS) is 17.2. The highest BCUT2D eigenvalue weighted by Gasteiger charge is 2.42. The Bertz CT molecular complexity index is 322. The van der Waals surface area contributed by atoms with Gasteiger partial charge in [0.1, 0.15) is 0 Å². The lowest BCUT2D eigenvalue weighted by molar-refractivity contribution is -0.203. The summed E-state index contributed by atoms with van der Waals surface area (Å²) >= 11 is 0. The predicted octanol–water partition coefficient (Wildman–Crippen LogP) is 0.480. The molecule has 0 saturated carbocycles. The van der Waals surface area contributed by atoms with Crippen LogP contribution in [0.5, 0.6) is 0 Å². The molecule has 3 atom stereocenters. The Morgan fingerprint density at radius 2 is 1.95 bits per heavy atom. The highest BCUT2D eigenvalue weighted by molar-refractivity contribution is 5.77. The summed E-state index contributed by atoms with van der Waals surface area (Å²) in [7, 11) is 0. The summed E-state index contributed by atoms with van der Waals surface area (Å²) < 4.78 is 5.39. The molecule has 3 unspecified atom stereocenters. The fraction of sp³-hybridized carbons (Fsp3) is 0.846. The lowest BCUT2D eigenvalue weighted by atomic mass is 9.97. The van der Waals surface area contributed by atoms with Crippen molar-refractivity contribution in [2.24, 2.45) is 11.7 Å². The van der Waals surface area contributed by atoms with Crippen molar-refractivity contribution in [1.82, 2.24) is 4.90 Å². The van der Waals surface area contributed by atoms with Gasteiger partial charge in [0, 0.05) is 25.9 Å². The zero-order valence-corrected chi connectivity index (χ0v) is 12.5. The summed E-state index contributed by atoms with van der Waals surface area (Å²) in [5.74, 6) is -1.18. The van der Waals surface area contributed by atoms with Crippen molar-refractivity contribution in [2.45, 2.75) is 52.9 Å². The molecule has 0 aromatic rings. The third-order valence-electron chi connectivity index (χ3n) is 3.47. The minimum atomic E-state index is -1.19. The maximum atomic E-state index is 11.8. The van der Waals surface area contributed by atoms with Crippen molar-refractivity contribution >= 4 is 11.9 Å². The molecule has 0 aromatic heterocycles. The Kier molecular flexibility index (Phi) is 7.00. The van der Waals surface area contributed by atoms with Crippen LogP contribution < -0.4 is 5.73 Å². The van der Waals surface area contributed by atoms with Crippen molar-refractivity contribution < 1.29 is 19.4 Å². The van der Waals surface area contributed by atoms with E-state index in [4.69, 9.17) is 10.5 Å². The molecule has 0 rings (SSSR count). The van der Waals surface area contributed by atoms with Crippen LogP contribution in [0.2, 0.25) is 0 Å². The molecular weight excluding hydrogens is 248 g/mol. The molecule has 6 heteroatoms. The van der Waals surface area contributed by atoms with Crippen LogP contribution in [-0.2, 0) is 14.3 Å². The minimum absolute atomic E-state index is 0.205. The van der Waals surface area contributed by atoms with Crippen molar-refractivity contribution in [1.29, 1.82) is 0 Å². The highest BCUT2D eigenvalue weighted by Crippen LogP contribution is 2.27. The molecule has 0 aliphatic rings. The van der Waals surface area contributed by atoms with E-state index in [2.05, 4.69) is 0 Å². The molecule has 0 fully saturated rings. The van der Waals surface area contributed by atoms with Gasteiger partial charge in [-0.05, 0) is 20.3 Å². The number of ether oxygens (including phenoxy) is 1. The first kappa shape index (κ1) is 17.9. The van der Waals surface area contributed by atoms with Gasteiger partial charge in [0.2, 0.25) is 5.91 Å². The number of rotatable bonds is 7. The predicted molar refractivity (Wildman–Crippen MR) is 72.1 cm³/mol. The van der Waals surface area contributed by atoms with Gasteiger partial charge in [0.25, 0.3) is 0 Å². The van der Waals surface area contributed by atoms with E-state index in [-0.39, 0.29) is 24.8 Å². The molecule has 0 saturated heterocycles. The fourth-order valence-corrected chi connectivity index (χ4v) is 1.93. The number of aliphatic hydroxyl groups is 1. The molecular formula is C13H26N2O4. The lowest BCUT2D eigenvalue weighted by Crippen LogP contribution is -2.58. The number of nitrogens with zero attached hydrogens (tertiary/aromatic N) is 1. The monoisotopic (exact) mass is 274 g/mol. The maximum Gasteiger partial charge on any atom is 0.337 e. The Hall–Kier alpha value is -1.14. The van der Waals surface area contributed by atoms with E-state index in [1.54, 1.807) is 27.7 Å². The number of amides is 1. The molecule has 0 aliphatic heterocycles. The summed E-state index contributed by atoms with van der Waals surface area (Å²) in [6.07, 6.45) is -0.923. The average Bonchev–Trinajstić information content (AvgIpc) is 2.36. The fourth-order valence-electron chi connectivity index (χ4n) is 1.93. The quantitative estimate of drug-likeness (QED) is 0.520. The van der Waals surface area contributed by atoms with Gasteiger partial charge in [-0.3, -0.25) is 4.79 Å². The second kappa shape index (κ2) is 7.45. The van der Waals surface area contributed by atoms with Gasteiger partial charge in [-0.1, -0.05) is 13.8 Å². The molecule has 0 radical (unpaired) electrons. The van der Waals surface area contributed by atoms with Crippen molar-refractivity contribution in [3.05, 3.63) is 0 Å². The van der Waals surface area contributed by atoms with Gasteiger partial charge < -0.3 is 20.5 Å². The largest absolute Gasteiger partial charge is 0.437 e. The van der Waals surface area contributed by atoms with Gasteiger partial charge in [-0.25, -0.2) is 4.79 Å². The standard InChI is InChI=1S/C13H26N2O4/c1-6-11(17)12(18)19-13(5,9(3)8-14)15(7-2)10(4)16/h9,11,17H,6-8,14H2,1-5H3. The number of aliphatic hydroxyl groups excluding tert-OH is 1. The summed E-state index contributed by atoms with van der Waals surface area (Å²) in [6.45, 7) is 8.99. The topological polar surface area (TPSA) is 92.9 Å². The van der Waals surface area contributed by atoms with Crippen molar-refractivity contribution in [3.8, 4) is 0 Å². The number of carbonyl (C=O) groups excluding carboxylic acids is 2. The molecule has 0 aliphatic carbocycles. The van der Waals surface area contributed by atoms with E-state index < -0.39 is 17.8 Å². The van der Waals surface area contributed by atoms with E-state index in [0.717, 1.165) is 0 Å². The van der Waals surface area contributed by atoms with E-state index in [1.807, 2.05) is 0 Å². The molecule has 112 valence electrons. The first-order chi connectivity index (χ1) is 8.74. The van der Waals surface area contributed by atoms with Crippen molar-refractivity contribution in [3.63, 3.8) is 0 Å². The lowest BCUT2D eigenvalue weighted by Gasteiger charge is -2.43. The number of carbonyl (C=O) groups is 2. The summed E-state index contributed by atoms with van der Waals surface area (Å²) in [6, 6.07) is 0. The number of hydrogen-bond donors (Lipinski definition) is 2. The van der Waals surface area contributed by atoms with Gasteiger partial charge in [-0.2, -0.15) is 0 Å². The third-order valence-corrected chi connectivity index (χ3v) is 3.47. The number of esters is 1. The Morgan fingerprint density at radius 1 is 1.42 bits per heavy atom. The molecule has 19 heavy (non-hydrogen) atoms. The van der Waals surface area contributed by atoms with Gasteiger partial charge in [-0.15, -0.1) is 0 Å². The number of nitrogens with two attached hydrogens (primary N) is 1. The van der Waals surface area contributed by atoms with E-state index in [0.29, 0.717) is 6.54 Å². The molecule has 0 aromatic carbocycles. The molecule has 0 spiro atoms. The van der Waals surface area contributed by atoms with Crippen molar-refractivity contribution in [2.75, 3.05) is 13.1 Å². The van der Waals surface area contributed by atoms with Gasteiger partial charge in [0.05, 0.1) is 0 Å². The molecule has 1 amide bonds. The first-order valence-corrected chi connectivity index (χ1v) is 6.63. The second-order valence-electron chi connectivity index (χ2n) is 4.80. The van der Waals surface area contributed by atoms with E-state index in [9.17, 15) is 14.7 Å². The van der Waals surface area contributed by atoms with Crippen LogP contribution in [0.4, 0.5) is 0 Å². The zero-order chi connectivity index (χ0) is 15.2. The maximum absolute atomic E-state index is 11.8. The summed E-state index contributed by atoms with van der Waals surface area (Å²) in [5, 5.41) is 9.53. The first-order valence-electron chi connectivity index (χ1n) is 6.63. The van der Waals surface area contributed by atoms with Gasteiger partial charge >= 0.3 is 5.97 Å². The zero-order valence-electron chi connectivity index (χ0n) is 12.5.